The third-order valence-electron chi connectivity index (χ3n) is 3.54. The average Bonchev–Trinajstić information content (AvgIpc) is 2.72. The number of imidazole rings is 1. The lowest BCUT2D eigenvalue weighted by Crippen LogP contribution is -2.16. The highest BCUT2D eigenvalue weighted by Gasteiger charge is 2.21. The van der Waals surface area contributed by atoms with E-state index >= 15 is 0 Å². The predicted molar refractivity (Wildman–Crippen MR) is 70.5 cm³/mol. The van der Waals surface area contributed by atoms with Crippen LogP contribution in [0.4, 0.5) is 5.95 Å². The first-order chi connectivity index (χ1) is 8.60. The molecule has 6 nitrogen and oxygen atoms in total. The molecule has 0 bridgehead atoms. The van der Waals surface area contributed by atoms with Gasteiger partial charge in [-0.2, -0.15) is 4.98 Å². The Balaban J connectivity index is 2.61. The summed E-state index contributed by atoms with van der Waals surface area (Å²) in [5, 5.41) is 0. The number of aromatic nitrogens is 4. The van der Waals surface area contributed by atoms with Crippen LogP contribution in [0.15, 0.2) is 6.33 Å². The molecule has 2 heterocycles. The van der Waals surface area contributed by atoms with E-state index in [-0.39, 0.29) is 6.04 Å². The van der Waals surface area contributed by atoms with Crippen molar-refractivity contribution in [1.29, 1.82) is 0 Å². The quantitative estimate of drug-likeness (QED) is 0.896. The van der Waals surface area contributed by atoms with Crippen molar-refractivity contribution in [2.45, 2.75) is 33.2 Å². The molecule has 18 heavy (non-hydrogen) atoms. The highest BCUT2D eigenvalue weighted by atomic mass is 16.5. The van der Waals surface area contributed by atoms with Crippen molar-refractivity contribution in [2.24, 2.45) is 5.92 Å². The van der Waals surface area contributed by atoms with Gasteiger partial charge in [0.05, 0.1) is 7.11 Å². The van der Waals surface area contributed by atoms with Gasteiger partial charge in [-0.15, -0.1) is 0 Å². The molecule has 0 saturated carbocycles. The molecule has 0 aliphatic rings. The fourth-order valence-corrected chi connectivity index (χ4v) is 2.05. The van der Waals surface area contributed by atoms with Gasteiger partial charge in [-0.3, -0.25) is 4.57 Å². The van der Waals surface area contributed by atoms with Crippen LogP contribution >= 0.6 is 0 Å². The molecule has 0 fully saturated rings. The van der Waals surface area contributed by atoms with Crippen LogP contribution in [-0.4, -0.2) is 26.6 Å². The molecule has 2 N–H and O–H groups in total. The minimum Gasteiger partial charge on any atom is -0.479 e. The predicted octanol–water partition coefficient (Wildman–Crippen LogP) is 2.02. The Labute approximate surface area is 106 Å². The fourth-order valence-electron chi connectivity index (χ4n) is 2.05. The summed E-state index contributed by atoms with van der Waals surface area (Å²) in [7, 11) is 1.56. The number of ether oxygens (including phenoxy) is 1. The second-order valence-corrected chi connectivity index (χ2v) is 4.52. The van der Waals surface area contributed by atoms with Gasteiger partial charge in [0, 0.05) is 6.04 Å². The van der Waals surface area contributed by atoms with Crippen LogP contribution < -0.4 is 10.5 Å². The molecule has 6 heteroatoms. The topological polar surface area (TPSA) is 78.9 Å². The number of fused-ring (bicyclic) bond motifs is 1. The zero-order chi connectivity index (χ0) is 13.3. The van der Waals surface area contributed by atoms with Gasteiger partial charge in [0.15, 0.2) is 11.2 Å². The molecule has 0 aliphatic carbocycles. The molecular weight excluding hydrogens is 230 g/mol. The highest BCUT2D eigenvalue weighted by molar-refractivity contribution is 5.79. The second kappa shape index (κ2) is 4.80. The second-order valence-electron chi connectivity index (χ2n) is 4.52. The van der Waals surface area contributed by atoms with Gasteiger partial charge in [-0.25, -0.2) is 9.97 Å². The zero-order valence-corrected chi connectivity index (χ0v) is 11.2. The minimum atomic E-state index is 0.236. The molecule has 0 aromatic carbocycles. The van der Waals surface area contributed by atoms with Crippen LogP contribution in [0.1, 0.15) is 33.2 Å². The lowest BCUT2D eigenvalue weighted by atomic mass is 10.0. The number of rotatable bonds is 4. The van der Waals surface area contributed by atoms with Gasteiger partial charge < -0.3 is 10.5 Å². The lowest BCUT2D eigenvalue weighted by molar-refractivity contribution is 0.379. The van der Waals surface area contributed by atoms with Crippen LogP contribution in [0, 0.1) is 5.92 Å². The number of hydrogen-bond acceptors (Lipinski definition) is 5. The Bertz CT molecular complexity index is 551. The molecular formula is C12H19N5O. The van der Waals surface area contributed by atoms with Gasteiger partial charge in [0.25, 0.3) is 0 Å². The summed E-state index contributed by atoms with van der Waals surface area (Å²) in [6.07, 6.45) is 2.55. The van der Waals surface area contributed by atoms with Crippen molar-refractivity contribution in [2.75, 3.05) is 12.8 Å². The van der Waals surface area contributed by atoms with E-state index in [9.17, 15) is 0 Å². The number of nitrogen functional groups attached to an aromatic ring is 1. The first-order valence-corrected chi connectivity index (χ1v) is 6.12. The first kappa shape index (κ1) is 12.6. The lowest BCUT2D eigenvalue weighted by Gasteiger charge is -2.21. The van der Waals surface area contributed by atoms with Crippen molar-refractivity contribution in [3.63, 3.8) is 0 Å². The molecule has 0 aliphatic heterocycles. The van der Waals surface area contributed by atoms with Gasteiger partial charge in [-0.1, -0.05) is 20.3 Å². The minimum absolute atomic E-state index is 0.236. The summed E-state index contributed by atoms with van der Waals surface area (Å²) in [6, 6.07) is 0.236. The van der Waals surface area contributed by atoms with Crippen LogP contribution in [-0.2, 0) is 0 Å². The highest BCUT2D eigenvalue weighted by Crippen LogP contribution is 2.30. The number of nitrogens with two attached hydrogens (primary N) is 1. The van der Waals surface area contributed by atoms with Crippen molar-refractivity contribution in [1.82, 2.24) is 19.5 Å². The summed E-state index contributed by atoms with van der Waals surface area (Å²) in [5.41, 5.74) is 7.35. The van der Waals surface area contributed by atoms with E-state index in [2.05, 4.69) is 35.7 Å². The van der Waals surface area contributed by atoms with Crippen molar-refractivity contribution >= 4 is 17.1 Å². The van der Waals surface area contributed by atoms with E-state index < -0.39 is 0 Å². The Morgan fingerprint density at radius 1 is 1.39 bits per heavy atom. The SMILES string of the molecule is CCC(C)C(C)n1c(N)nc2c(OC)ncnc21. The molecule has 2 unspecified atom stereocenters. The third-order valence-corrected chi connectivity index (χ3v) is 3.54. The molecule has 2 aromatic heterocycles. The third kappa shape index (κ3) is 1.87. The van der Waals surface area contributed by atoms with Gasteiger partial charge in [0.1, 0.15) is 6.33 Å². The number of anilines is 1. The van der Waals surface area contributed by atoms with E-state index in [4.69, 9.17) is 10.5 Å². The maximum atomic E-state index is 6.00. The summed E-state index contributed by atoms with van der Waals surface area (Å²) in [6.45, 7) is 6.47. The van der Waals surface area contributed by atoms with Gasteiger partial charge in [-0.05, 0) is 12.8 Å². The molecule has 0 radical (unpaired) electrons. The maximum Gasteiger partial charge on any atom is 0.245 e. The van der Waals surface area contributed by atoms with Crippen molar-refractivity contribution in [3.05, 3.63) is 6.33 Å². The Morgan fingerprint density at radius 2 is 2.11 bits per heavy atom. The molecule has 0 saturated heterocycles. The molecule has 98 valence electrons. The normalized spacial score (nSPS) is 14.7. The molecule has 2 rings (SSSR count). The number of methoxy groups -OCH3 is 1. The summed E-state index contributed by atoms with van der Waals surface area (Å²) >= 11 is 0. The Morgan fingerprint density at radius 3 is 2.72 bits per heavy atom. The standard InChI is InChI=1S/C12H19N5O/c1-5-7(2)8(3)17-10-9(16-12(17)13)11(18-4)15-6-14-10/h6-8H,5H2,1-4H3,(H2,13,16). The molecule has 2 aromatic rings. The van der Waals surface area contributed by atoms with E-state index in [1.807, 2.05) is 4.57 Å². The monoisotopic (exact) mass is 249 g/mol. The number of hydrogen-bond donors (Lipinski definition) is 1. The van der Waals surface area contributed by atoms with E-state index in [1.165, 1.54) is 6.33 Å². The van der Waals surface area contributed by atoms with Crippen molar-refractivity contribution in [3.8, 4) is 5.88 Å². The van der Waals surface area contributed by atoms with Crippen LogP contribution in [0.2, 0.25) is 0 Å². The average molecular weight is 249 g/mol. The molecule has 0 spiro atoms. The van der Waals surface area contributed by atoms with Crippen LogP contribution in [0.25, 0.3) is 11.2 Å². The van der Waals surface area contributed by atoms with Gasteiger partial charge in [0.2, 0.25) is 11.8 Å². The number of nitrogens with zero attached hydrogens (tertiary/aromatic N) is 4. The first-order valence-electron chi connectivity index (χ1n) is 6.12. The fraction of sp³-hybridized carbons (Fsp3) is 0.583. The van der Waals surface area contributed by atoms with E-state index in [1.54, 1.807) is 7.11 Å². The van der Waals surface area contributed by atoms with Crippen molar-refractivity contribution < 1.29 is 4.74 Å². The van der Waals surface area contributed by atoms with E-state index in [0.717, 1.165) is 12.1 Å². The Kier molecular flexibility index (Phi) is 3.36. The van der Waals surface area contributed by atoms with Crippen LogP contribution in [0.3, 0.4) is 0 Å². The van der Waals surface area contributed by atoms with Crippen LogP contribution in [0.5, 0.6) is 5.88 Å². The largest absolute Gasteiger partial charge is 0.479 e. The van der Waals surface area contributed by atoms with E-state index in [0.29, 0.717) is 23.3 Å². The summed E-state index contributed by atoms with van der Waals surface area (Å²) in [4.78, 5) is 12.6. The van der Waals surface area contributed by atoms with Gasteiger partial charge >= 0.3 is 0 Å². The summed E-state index contributed by atoms with van der Waals surface area (Å²) < 4.78 is 7.13. The Hall–Kier alpha value is -1.85. The smallest absolute Gasteiger partial charge is 0.245 e. The molecule has 2 atom stereocenters. The molecule has 0 amide bonds. The summed E-state index contributed by atoms with van der Waals surface area (Å²) in [5.74, 6) is 1.41. The zero-order valence-electron chi connectivity index (χ0n) is 11.2. The maximum absolute atomic E-state index is 6.00.